The highest BCUT2D eigenvalue weighted by Gasteiger charge is 2.33. The summed E-state index contributed by atoms with van der Waals surface area (Å²) in [5, 5.41) is 4.35. The van der Waals surface area contributed by atoms with E-state index in [9.17, 15) is 18.0 Å². The third-order valence-electron chi connectivity index (χ3n) is 5.53. The monoisotopic (exact) mass is 404 g/mol. The van der Waals surface area contributed by atoms with Crippen LogP contribution in [0, 0.1) is 12.8 Å². The van der Waals surface area contributed by atoms with Crippen LogP contribution < -0.4 is 10.6 Å². The van der Waals surface area contributed by atoms with Gasteiger partial charge in [-0.2, -0.15) is 18.2 Å². The molecule has 0 N–H and O–H groups in total. The summed E-state index contributed by atoms with van der Waals surface area (Å²) >= 11 is 0. The van der Waals surface area contributed by atoms with Gasteiger partial charge in [0.2, 0.25) is 0 Å². The van der Waals surface area contributed by atoms with Crippen molar-refractivity contribution < 1.29 is 13.2 Å². The van der Waals surface area contributed by atoms with Crippen molar-refractivity contribution in [1.82, 2.24) is 24.1 Å². The standard InChI is InChI=1S/C19H19F3N6O/c1-11-8-27-17(25-28(18(27)29)9-12-2-3-12)24-16(11)26-5-4-15-13(10-26)6-14(7-23-15)19(20,21)22/h6-8,12H,2-5,9-10H2,1H3. The van der Waals surface area contributed by atoms with E-state index in [1.807, 2.05) is 11.8 Å². The lowest BCUT2D eigenvalue weighted by Crippen LogP contribution is -2.33. The van der Waals surface area contributed by atoms with Crippen molar-refractivity contribution in [2.45, 2.75) is 45.5 Å². The summed E-state index contributed by atoms with van der Waals surface area (Å²) in [6, 6.07) is 1.16. The molecule has 0 amide bonds. The van der Waals surface area contributed by atoms with Crippen LogP contribution in [0.1, 0.15) is 35.2 Å². The van der Waals surface area contributed by atoms with Gasteiger partial charge in [-0.25, -0.2) is 13.9 Å². The molecule has 10 heteroatoms. The fourth-order valence-electron chi connectivity index (χ4n) is 3.78. The molecular formula is C19H19F3N6O. The van der Waals surface area contributed by atoms with Crippen molar-refractivity contribution in [2.24, 2.45) is 5.92 Å². The van der Waals surface area contributed by atoms with Crippen LogP contribution in [0.5, 0.6) is 0 Å². The van der Waals surface area contributed by atoms with Crippen LogP contribution in [0.15, 0.2) is 23.3 Å². The van der Waals surface area contributed by atoms with Crippen LogP contribution in [0.2, 0.25) is 0 Å². The molecule has 0 unspecified atom stereocenters. The summed E-state index contributed by atoms with van der Waals surface area (Å²) in [6.45, 7) is 3.30. The van der Waals surface area contributed by atoms with Gasteiger partial charge in [0.1, 0.15) is 5.82 Å². The third kappa shape index (κ3) is 3.26. The lowest BCUT2D eigenvalue weighted by Gasteiger charge is -2.30. The van der Waals surface area contributed by atoms with Crippen LogP contribution in [-0.4, -0.2) is 30.7 Å². The first-order valence-electron chi connectivity index (χ1n) is 9.56. The molecule has 1 fully saturated rings. The van der Waals surface area contributed by atoms with Gasteiger partial charge >= 0.3 is 11.9 Å². The molecule has 0 spiro atoms. The van der Waals surface area contributed by atoms with Gasteiger partial charge in [0.25, 0.3) is 5.78 Å². The van der Waals surface area contributed by atoms with Gasteiger partial charge in [0.15, 0.2) is 0 Å². The highest BCUT2D eigenvalue weighted by Crippen LogP contribution is 2.32. The Morgan fingerprint density at radius 3 is 2.79 bits per heavy atom. The maximum Gasteiger partial charge on any atom is 0.417 e. The molecule has 0 saturated heterocycles. The van der Waals surface area contributed by atoms with Gasteiger partial charge in [0.05, 0.1) is 5.56 Å². The second-order valence-electron chi connectivity index (χ2n) is 7.82. The molecule has 29 heavy (non-hydrogen) atoms. The fraction of sp³-hybridized carbons (Fsp3) is 0.474. The quantitative estimate of drug-likeness (QED) is 0.671. The zero-order valence-electron chi connectivity index (χ0n) is 15.8. The first-order valence-corrected chi connectivity index (χ1v) is 9.56. The Labute approximate surface area is 163 Å². The molecule has 0 aromatic carbocycles. The smallest absolute Gasteiger partial charge is 0.351 e. The molecule has 0 bridgehead atoms. The number of rotatable bonds is 3. The Balaban J connectivity index is 1.49. The Morgan fingerprint density at radius 1 is 1.28 bits per heavy atom. The van der Waals surface area contributed by atoms with E-state index in [0.717, 1.165) is 30.7 Å². The first-order chi connectivity index (χ1) is 13.8. The minimum absolute atomic E-state index is 0.211. The highest BCUT2D eigenvalue weighted by molar-refractivity contribution is 5.52. The van der Waals surface area contributed by atoms with Crippen LogP contribution in [0.3, 0.4) is 0 Å². The van der Waals surface area contributed by atoms with E-state index in [4.69, 9.17) is 0 Å². The van der Waals surface area contributed by atoms with E-state index in [2.05, 4.69) is 15.1 Å². The predicted molar refractivity (Wildman–Crippen MR) is 98.7 cm³/mol. The second-order valence-corrected chi connectivity index (χ2v) is 7.82. The minimum atomic E-state index is -4.42. The molecule has 0 atom stereocenters. The number of aromatic nitrogens is 5. The Morgan fingerprint density at radius 2 is 2.07 bits per heavy atom. The van der Waals surface area contributed by atoms with E-state index in [1.165, 1.54) is 9.08 Å². The van der Waals surface area contributed by atoms with Crippen LogP contribution in [-0.2, 0) is 25.7 Å². The van der Waals surface area contributed by atoms with Crippen molar-refractivity contribution in [3.63, 3.8) is 0 Å². The van der Waals surface area contributed by atoms with Crippen LogP contribution in [0.4, 0.5) is 19.0 Å². The van der Waals surface area contributed by atoms with E-state index >= 15 is 0 Å². The van der Waals surface area contributed by atoms with E-state index in [1.54, 1.807) is 6.20 Å². The van der Waals surface area contributed by atoms with Gasteiger partial charge in [-0.1, -0.05) is 0 Å². The third-order valence-corrected chi connectivity index (χ3v) is 5.53. The first kappa shape index (κ1) is 18.1. The summed E-state index contributed by atoms with van der Waals surface area (Å²) < 4.78 is 42.0. The molecule has 7 nitrogen and oxygen atoms in total. The molecule has 1 aliphatic carbocycles. The molecule has 0 radical (unpaired) electrons. The summed E-state index contributed by atoms with van der Waals surface area (Å²) in [4.78, 5) is 23.0. The van der Waals surface area contributed by atoms with Gasteiger partial charge < -0.3 is 4.90 Å². The van der Waals surface area contributed by atoms with E-state index < -0.39 is 11.7 Å². The van der Waals surface area contributed by atoms with Crippen molar-refractivity contribution in [2.75, 3.05) is 11.4 Å². The molecular weight excluding hydrogens is 385 g/mol. The minimum Gasteiger partial charge on any atom is -0.351 e. The second kappa shape index (κ2) is 6.30. The number of hydrogen-bond acceptors (Lipinski definition) is 5. The molecule has 1 aliphatic heterocycles. The summed E-state index contributed by atoms with van der Waals surface area (Å²) in [7, 11) is 0. The summed E-state index contributed by atoms with van der Waals surface area (Å²) in [5.74, 6) is 1.44. The van der Waals surface area contributed by atoms with E-state index in [-0.39, 0.29) is 12.2 Å². The predicted octanol–water partition coefficient (Wildman–Crippen LogP) is 2.59. The van der Waals surface area contributed by atoms with Crippen molar-refractivity contribution >= 4 is 11.6 Å². The summed E-state index contributed by atoms with van der Waals surface area (Å²) in [5.41, 5.74) is 1.04. The lowest BCUT2D eigenvalue weighted by molar-refractivity contribution is -0.137. The van der Waals surface area contributed by atoms with Gasteiger partial charge in [-0.3, -0.25) is 4.98 Å². The number of halogens is 3. The topological polar surface area (TPSA) is 68.3 Å². The number of alkyl halides is 3. The fourth-order valence-corrected chi connectivity index (χ4v) is 3.78. The molecule has 1 saturated carbocycles. The zero-order chi connectivity index (χ0) is 20.3. The Hall–Kier alpha value is -2.91. The number of hydrogen-bond donors (Lipinski definition) is 0. The number of anilines is 1. The van der Waals surface area contributed by atoms with Crippen molar-refractivity contribution in [3.8, 4) is 0 Å². The average Bonchev–Trinajstić information content (AvgIpc) is 3.45. The zero-order valence-corrected chi connectivity index (χ0v) is 15.8. The molecule has 5 rings (SSSR count). The van der Waals surface area contributed by atoms with Crippen molar-refractivity contribution in [1.29, 1.82) is 0 Å². The van der Waals surface area contributed by atoms with Crippen molar-refractivity contribution in [3.05, 3.63) is 51.3 Å². The largest absolute Gasteiger partial charge is 0.417 e. The molecule has 4 heterocycles. The SMILES string of the molecule is Cc1cn2c(=O)n(CC3CC3)nc2nc1N1CCc2ncc(C(F)(F)F)cc2C1. The number of nitrogens with zero attached hydrogens (tertiary/aromatic N) is 6. The lowest BCUT2D eigenvalue weighted by atomic mass is 10.0. The number of aryl methyl sites for hydroxylation is 1. The van der Waals surface area contributed by atoms with Gasteiger partial charge in [0, 0.05) is 49.7 Å². The molecule has 3 aromatic rings. The highest BCUT2D eigenvalue weighted by atomic mass is 19.4. The Bertz CT molecular complexity index is 1160. The van der Waals surface area contributed by atoms with Gasteiger partial charge in [-0.05, 0) is 37.3 Å². The van der Waals surface area contributed by atoms with E-state index in [0.29, 0.717) is 48.3 Å². The normalized spacial score (nSPS) is 17.0. The Kier molecular flexibility index (Phi) is 3.94. The number of fused-ring (bicyclic) bond motifs is 2. The maximum atomic E-state index is 13.0. The molecule has 3 aromatic heterocycles. The maximum absolute atomic E-state index is 13.0. The summed E-state index contributed by atoms with van der Waals surface area (Å²) in [6.07, 6.45) is 0.924. The van der Waals surface area contributed by atoms with Gasteiger partial charge in [-0.15, -0.1) is 5.10 Å². The van der Waals surface area contributed by atoms with Crippen LogP contribution >= 0.6 is 0 Å². The number of pyridine rings is 1. The average molecular weight is 404 g/mol. The molecule has 152 valence electrons. The molecule has 2 aliphatic rings. The van der Waals surface area contributed by atoms with Crippen LogP contribution in [0.25, 0.3) is 5.78 Å².